The van der Waals surface area contributed by atoms with E-state index in [1.54, 1.807) is 6.92 Å². The molecular weight excluding hydrogens is 501 g/mol. The molecule has 4 rings (SSSR count). The highest BCUT2D eigenvalue weighted by atomic mass is 35.5. The van der Waals surface area contributed by atoms with E-state index in [-0.39, 0.29) is 51.5 Å². The third kappa shape index (κ3) is 5.36. The number of pyridine rings is 2. The molecule has 1 atom stereocenters. The number of nitrogens with one attached hydrogen (secondary N) is 1. The van der Waals surface area contributed by atoms with Gasteiger partial charge in [-0.05, 0) is 31.5 Å². The highest BCUT2D eigenvalue weighted by Crippen LogP contribution is 2.33. The van der Waals surface area contributed by atoms with Gasteiger partial charge in [-0.15, -0.1) is 0 Å². The van der Waals surface area contributed by atoms with Gasteiger partial charge in [0, 0.05) is 18.5 Å². The zero-order chi connectivity index (χ0) is 24.7. The van der Waals surface area contributed by atoms with Crippen molar-refractivity contribution in [3.63, 3.8) is 0 Å². The Bertz CT molecular complexity index is 1360. The number of carbonyl (C=O) groups is 1. The van der Waals surface area contributed by atoms with E-state index in [9.17, 15) is 26.4 Å². The monoisotopic (exact) mass is 518 g/mol. The smallest absolute Gasteiger partial charge is 0.422 e. The van der Waals surface area contributed by atoms with Gasteiger partial charge in [0.15, 0.2) is 27.9 Å². The van der Waals surface area contributed by atoms with Crippen LogP contribution in [0.4, 0.5) is 13.2 Å². The Kier molecular flexibility index (Phi) is 6.10. The van der Waals surface area contributed by atoms with Gasteiger partial charge in [-0.2, -0.15) is 18.3 Å². The molecule has 1 fully saturated rings. The van der Waals surface area contributed by atoms with Gasteiger partial charge in [-0.25, -0.2) is 17.9 Å². The number of carbonyl (C=O) groups excluding carboxylic acids is 1. The molecule has 1 aliphatic heterocycles. The number of ether oxygens (including phenoxy) is 2. The number of halogens is 4. The molecule has 0 bridgehead atoms. The zero-order valence-corrected chi connectivity index (χ0v) is 19.2. The normalized spacial score (nSPS) is 19.8. The molecule has 0 radical (unpaired) electrons. The average Bonchev–Trinajstić information content (AvgIpc) is 3.22. The second-order valence-electron chi connectivity index (χ2n) is 8.02. The molecule has 14 heteroatoms. The molecule has 1 aliphatic rings. The number of hydrogen-bond acceptors (Lipinski definition) is 7. The van der Waals surface area contributed by atoms with Crippen LogP contribution in [0.1, 0.15) is 23.8 Å². The number of sulfone groups is 1. The van der Waals surface area contributed by atoms with Gasteiger partial charge >= 0.3 is 6.18 Å². The van der Waals surface area contributed by atoms with Crippen molar-refractivity contribution in [1.29, 1.82) is 0 Å². The summed E-state index contributed by atoms with van der Waals surface area (Å²) in [6.45, 7) is 0.123. The van der Waals surface area contributed by atoms with Crippen molar-refractivity contribution in [3.05, 3.63) is 47.4 Å². The molecular formula is C20H18ClF3N4O5S. The summed E-state index contributed by atoms with van der Waals surface area (Å²) in [5, 5.41) is 6.82. The summed E-state index contributed by atoms with van der Waals surface area (Å²) in [7, 11) is -3.24. The Labute approximate surface area is 196 Å². The van der Waals surface area contributed by atoms with Gasteiger partial charge in [-0.3, -0.25) is 4.79 Å². The lowest BCUT2D eigenvalue weighted by Gasteiger charge is -2.23. The highest BCUT2D eigenvalue weighted by Gasteiger charge is 2.40. The van der Waals surface area contributed by atoms with Crippen LogP contribution in [0.15, 0.2) is 36.7 Å². The SMILES string of the molecule is C[C@@]1(NC(=O)c2nn3ccc(Oc4ncccc4OCC(F)(F)F)cc3c2Cl)CCS(=O)(=O)C1. The van der Waals surface area contributed by atoms with Crippen molar-refractivity contribution in [2.45, 2.75) is 25.1 Å². The molecule has 1 N–H and O–H groups in total. The fourth-order valence-corrected chi connectivity index (χ4v) is 5.84. The second kappa shape index (κ2) is 8.62. The van der Waals surface area contributed by atoms with Crippen molar-refractivity contribution in [2.75, 3.05) is 18.1 Å². The third-order valence-electron chi connectivity index (χ3n) is 5.02. The van der Waals surface area contributed by atoms with Crippen LogP contribution < -0.4 is 14.8 Å². The van der Waals surface area contributed by atoms with Crippen LogP contribution in [0.2, 0.25) is 5.02 Å². The minimum atomic E-state index is -4.53. The Morgan fingerprint density at radius 2 is 2.12 bits per heavy atom. The number of amides is 1. The Hall–Kier alpha value is -3.06. The van der Waals surface area contributed by atoms with E-state index in [0.717, 1.165) is 0 Å². The largest absolute Gasteiger partial charge is 0.478 e. The van der Waals surface area contributed by atoms with Crippen molar-refractivity contribution in [2.24, 2.45) is 0 Å². The predicted octanol–water partition coefficient (Wildman–Crippen LogP) is 3.42. The van der Waals surface area contributed by atoms with Gasteiger partial charge in [-0.1, -0.05) is 11.6 Å². The van der Waals surface area contributed by atoms with Crippen LogP contribution in [0.3, 0.4) is 0 Å². The maximum Gasteiger partial charge on any atom is 0.422 e. The maximum absolute atomic E-state index is 12.8. The number of aromatic nitrogens is 3. The third-order valence-corrected chi connectivity index (χ3v) is 7.30. The fourth-order valence-electron chi connectivity index (χ4n) is 3.48. The van der Waals surface area contributed by atoms with Gasteiger partial charge < -0.3 is 14.8 Å². The molecule has 0 unspecified atom stereocenters. The summed E-state index contributed by atoms with van der Waals surface area (Å²) in [5.74, 6) is -1.09. The first-order chi connectivity index (χ1) is 15.8. The van der Waals surface area contributed by atoms with E-state index in [0.29, 0.717) is 0 Å². The summed E-state index contributed by atoms with van der Waals surface area (Å²) < 4.78 is 72.8. The lowest BCUT2D eigenvalue weighted by Crippen LogP contribution is -2.47. The first-order valence-electron chi connectivity index (χ1n) is 9.87. The Morgan fingerprint density at radius 3 is 2.79 bits per heavy atom. The van der Waals surface area contributed by atoms with Crippen LogP contribution in [0.5, 0.6) is 17.4 Å². The topological polar surface area (TPSA) is 112 Å². The number of rotatable bonds is 6. The predicted molar refractivity (Wildman–Crippen MR) is 115 cm³/mol. The fraction of sp³-hybridized carbons (Fsp3) is 0.350. The molecule has 34 heavy (non-hydrogen) atoms. The van der Waals surface area contributed by atoms with Crippen LogP contribution in [-0.4, -0.2) is 58.8 Å². The highest BCUT2D eigenvalue weighted by molar-refractivity contribution is 7.91. The van der Waals surface area contributed by atoms with Gasteiger partial charge in [0.2, 0.25) is 0 Å². The Morgan fingerprint density at radius 1 is 1.35 bits per heavy atom. The van der Waals surface area contributed by atoms with Crippen LogP contribution in [0, 0.1) is 0 Å². The van der Waals surface area contributed by atoms with E-state index in [4.69, 9.17) is 21.1 Å². The first kappa shape index (κ1) is 24.1. The summed E-state index contributed by atoms with van der Waals surface area (Å²) in [6, 6.07) is 5.56. The molecule has 0 aromatic carbocycles. The lowest BCUT2D eigenvalue weighted by atomic mass is 10.0. The first-order valence-corrected chi connectivity index (χ1v) is 12.1. The van der Waals surface area contributed by atoms with Crippen molar-refractivity contribution >= 4 is 32.9 Å². The molecule has 4 heterocycles. The number of nitrogens with zero attached hydrogens (tertiary/aromatic N) is 3. The van der Waals surface area contributed by atoms with E-state index < -0.39 is 34.1 Å². The average molecular weight is 519 g/mol. The summed E-state index contributed by atoms with van der Waals surface area (Å²) in [4.78, 5) is 16.7. The number of fused-ring (bicyclic) bond motifs is 1. The number of alkyl halides is 3. The van der Waals surface area contributed by atoms with Crippen LogP contribution >= 0.6 is 11.6 Å². The van der Waals surface area contributed by atoms with Crippen molar-refractivity contribution in [1.82, 2.24) is 19.9 Å². The number of hydrogen-bond donors (Lipinski definition) is 1. The minimum Gasteiger partial charge on any atom is -0.478 e. The van der Waals surface area contributed by atoms with Crippen LogP contribution in [0.25, 0.3) is 5.52 Å². The van der Waals surface area contributed by atoms with Crippen molar-refractivity contribution < 1.29 is 35.9 Å². The lowest BCUT2D eigenvalue weighted by molar-refractivity contribution is -0.153. The van der Waals surface area contributed by atoms with E-state index in [2.05, 4.69) is 15.4 Å². The van der Waals surface area contributed by atoms with E-state index in [1.807, 2.05) is 0 Å². The summed E-state index contributed by atoms with van der Waals surface area (Å²) >= 11 is 6.36. The molecule has 1 saturated heterocycles. The molecule has 0 aliphatic carbocycles. The molecule has 0 spiro atoms. The van der Waals surface area contributed by atoms with E-state index >= 15 is 0 Å². The minimum absolute atomic E-state index is 0.0121. The second-order valence-corrected chi connectivity index (χ2v) is 10.6. The Balaban J connectivity index is 1.56. The van der Waals surface area contributed by atoms with Crippen LogP contribution in [-0.2, 0) is 9.84 Å². The molecule has 3 aromatic heterocycles. The van der Waals surface area contributed by atoms with Gasteiger partial charge in [0.05, 0.1) is 27.6 Å². The van der Waals surface area contributed by atoms with Crippen molar-refractivity contribution in [3.8, 4) is 17.4 Å². The van der Waals surface area contributed by atoms with Gasteiger partial charge in [0.1, 0.15) is 5.75 Å². The summed E-state index contributed by atoms with van der Waals surface area (Å²) in [5.41, 5.74) is -0.770. The molecule has 3 aromatic rings. The van der Waals surface area contributed by atoms with E-state index in [1.165, 1.54) is 41.2 Å². The van der Waals surface area contributed by atoms with Gasteiger partial charge in [0.25, 0.3) is 11.8 Å². The molecule has 182 valence electrons. The summed E-state index contributed by atoms with van der Waals surface area (Å²) in [6.07, 6.45) is -1.50. The zero-order valence-electron chi connectivity index (χ0n) is 17.6. The molecule has 9 nitrogen and oxygen atoms in total. The maximum atomic E-state index is 12.8. The standard InChI is InChI=1S/C20H18ClF3N4O5S/c1-19(5-8-34(30,31)11-19)26-17(29)16-15(21)13-9-12(4-7-28(13)27-16)33-18-14(3-2-6-25-18)32-10-20(22,23)24/h2-4,6-7,9H,5,8,10-11H2,1H3,(H,26,29)/t19-/m1/s1. The molecule has 1 amide bonds. The molecule has 0 saturated carbocycles. The quantitative estimate of drug-likeness (QED) is 0.532.